The van der Waals surface area contributed by atoms with Crippen molar-refractivity contribution in [3.05, 3.63) is 29.8 Å². The van der Waals surface area contributed by atoms with Gasteiger partial charge >= 0.3 is 0 Å². The lowest BCUT2D eigenvalue weighted by molar-refractivity contribution is 0.0787. The minimum Gasteiger partial charge on any atom is -0.386 e. The van der Waals surface area contributed by atoms with E-state index in [9.17, 15) is 5.11 Å². The summed E-state index contributed by atoms with van der Waals surface area (Å²) in [6.07, 6.45) is 0. The Kier molecular flexibility index (Phi) is 2.88. The van der Waals surface area contributed by atoms with Crippen LogP contribution in [0.5, 0.6) is 0 Å². The van der Waals surface area contributed by atoms with Gasteiger partial charge < -0.3 is 5.11 Å². The Morgan fingerprint density at radius 1 is 1.14 bits per heavy atom. The first-order chi connectivity index (χ1) is 6.21. The lowest BCUT2D eigenvalue weighted by Crippen LogP contribution is -2.38. The molecule has 0 aromatic heterocycles. The molecule has 0 aliphatic carbocycles. The van der Waals surface area contributed by atoms with Gasteiger partial charge in [0.05, 0.1) is 13.7 Å². The van der Waals surface area contributed by atoms with Crippen LogP contribution in [0.4, 0.5) is 0 Å². The molecule has 78 valence electrons. The molecule has 2 heteroatoms. The molecular weight excluding hydrogens is 188 g/mol. The van der Waals surface area contributed by atoms with E-state index in [1.807, 2.05) is 26.0 Å². The molecule has 1 N–H and O–H groups in total. The Hall–Kier alpha value is -0.603. The third-order valence-corrected chi connectivity index (χ3v) is 4.48. The zero-order valence-corrected chi connectivity index (χ0v) is 10.8. The fourth-order valence-electron chi connectivity index (χ4n) is 1.37. The molecule has 1 aromatic carbocycles. The minimum atomic E-state index is -1.25. The average molecular weight is 208 g/mol. The fraction of sp³-hybridized carbons (Fsp3) is 0.500. The van der Waals surface area contributed by atoms with Crippen molar-refractivity contribution in [2.24, 2.45) is 0 Å². The molecule has 0 spiro atoms. The maximum absolute atomic E-state index is 9.89. The molecule has 0 bridgehead atoms. The number of hydrogen-bond acceptors (Lipinski definition) is 1. The summed E-state index contributed by atoms with van der Waals surface area (Å²) in [4.78, 5) is 0. The van der Waals surface area contributed by atoms with E-state index < -0.39 is 13.7 Å². The van der Waals surface area contributed by atoms with Gasteiger partial charge in [0.25, 0.3) is 0 Å². The molecule has 1 rings (SSSR count). The quantitative estimate of drug-likeness (QED) is 0.740. The van der Waals surface area contributed by atoms with Crippen LogP contribution in [0.25, 0.3) is 0 Å². The van der Waals surface area contributed by atoms with Gasteiger partial charge in [0.2, 0.25) is 0 Å². The van der Waals surface area contributed by atoms with Crippen LogP contribution >= 0.6 is 0 Å². The Morgan fingerprint density at radius 3 is 2.14 bits per heavy atom. The largest absolute Gasteiger partial charge is 0.386 e. The monoisotopic (exact) mass is 208 g/mol. The first-order valence-electron chi connectivity index (χ1n) is 5.04. The maximum atomic E-state index is 9.89. The molecule has 0 heterocycles. The van der Waals surface area contributed by atoms with Gasteiger partial charge in [0, 0.05) is 0 Å². The van der Waals surface area contributed by atoms with E-state index in [0.29, 0.717) is 0 Å². The lowest BCUT2D eigenvalue weighted by atomic mass is 9.99. The predicted octanol–water partition coefficient (Wildman–Crippen LogP) is 2.46. The molecule has 0 unspecified atom stereocenters. The molecule has 1 nitrogen and oxygen atoms in total. The van der Waals surface area contributed by atoms with E-state index in [0.717, 1.165) is 5.56 Å². The second-order valence-electron chi connectivity index (χ2n) is 5.39. The smallest absolute Gasteiger partial charge is 0.0840 e. The Balaban J connectivity index is 3.15. The number of benzene rings is 1. The summed E-state index contributed by atoms with van der Waals surface area (Å²) in [5.41, 5.74) is 0.285. The number of aliphatic hydroxyl groups is 1. The highest BCUT2D eigenvalue weighted by molar-refractivity contribution is 6.88. The summed E-state index contributed by atoms with van der Waals surface area (Å²) < 4.78 is 0. The zero-order valence-electron chi connectivity index (χ0n) is 9.76. The van der Waals surface area contributed by atoms with E-state index in [-0.39, 0.29) is 0 Å². The van der Waals surface area contributed by atoms with E-state index in [1.165, 1.54) is 5.19 Å². The normalized spacial score (nSPS) is 13.0. The van der Waals surface area contributed by atoms with Crippen molar-refractivity contribution in [1.29, 1.82) is 0 Å². The molecule has 0 saturated carbocycles. The second-order valence-corrected chi connectivity index (χ2v) is 10.5. The van der Waals surface area contributed by atoms with Gasteiger partial charge in [-0.15, -0.1) is 0 Å². The molecule has 1 aromatic rings. The first-order valence-corrected chi connectivity index (χ1v) is 8.54. The second kappa shape index (κ2) is 3.52. The van der Waals surface area contributed by atoms with Gasteiger partial charge in [-0.1, -0.05) is 49.1 Å². The maximum Gasteiger partial charge on any atom is 0.0840 e. The molecule has 0 saturated heterocycles. The summed E-state index contributed by atoms with van der Waals surface area (Å²) >= 11 is 0. The summed E-state index contributed by atoms with van der Waals surface area (Å²) in [6.45, 7) is 10.6. The first kappa shape index (κ1) is 11.5. The highest BCUT2D eigenvalue weighted by Crippen LogP contribution is 2.18. The van der Waals surface area contributed by atoms with Crippen molar-refractivity contribution in [1.82, 2.24) is 0 Å². The van der Waals surface area contributed by atoms with Crippen LogP contribution in [0.15, 0.2) is 24.3 Å². The molecule has 14 heavy (non-hydrogen) atoms. The molecule has 0 fully saturated rings. The third kappa shape index (κ3) is 2.69. The van der Waals surface area contributed by atoms with Crippen molar-refractivity contribution >= 4 is 13.3 Å². The van der Waals surface area contributed by atoms with Gasteiger partial charge in [-0.2, -0.15) is 0 Å². The zero-order chi connectivity index (χ0) is 11.0. The molecule has 0 aliphatic rings. The van der Waals surface area contributed by atoms with Crippen LogP contribution in [0.3, 0.4) is 0 Å². The molecule has 0 atom stereocenters. The van der Waals surface area contributed by atoms with Crippen LogP contribution < -0.4 is 5.19 Å². The van der Waals surface area contributed by atoms with E-state index in [1.54, 1.807) is 0 Å². The molecular formula is C12H20OSi. The van der Waals surface area contributed by atoms with E-state index >= 15 is 0 Å². The number of hydrogen-bond donors (Lipinski definition) is 1. The molecule has 0 radical (unpaired) electrons. The Bertz CT molecular complexity index is 289. The third-order valence-electron chi connectivity index (χ3n) is 2.44. The van der Waals surface area contributed by atoms with Crippen LogP contribution in [0.2, 0.25) is 19.6 Å². The minimum absolute atomic E-state index is 0.727. The van der Waals surface area contributed by atoms with Gasteiger partial charge in [0.1, 0.15) is 0 Å². The topological polar surface area (TPSA) is 20.2 Å². The Labute approximate surface area is 87.8 Å². The van der Waals surface area contributed by atoms with Gasteiger partial charge in [0.15, 0.2) is 0 Å². The van der Waals surface area contributed by atoms with Crippen molar-refractivity contribution < 1.29 is 5.11 Å². The lowest BCUT2D eigenvalue weighted by Gasteiger charge is -2.22. The molecule has 0 aliphatic heterocycles. The highest BCUT2D eigenvalue weighted by Gasteiger charge is 2.20. The van der Waals surface area contributed by atoms with Crippen molar-refractivity contribution in [2.45, 2.75) is 39.1 Å². The van der Waals surface area contributed by atoms with Crippen molar-refractivity contribution in [3.63, 3.8) is 0 Å². The van der Waals surface area contributed by atoms with E-state index in [4.69, 9.17) is 0 Å². The number of rotatable bonds is 2. The van der Waals surface area contributed by atoms with Crippen LogP contribution in [0.1, 0.15) is 19.4 Å². The van der Waals surface area contributed by atoms with E-state index in [2.05, 4.69) is 31.8 Å². The summed E-state index contributed by atoms with van der Waals surface area (Å²) in [7, 11) is -1.25. The SMILES string of the molecule is CC(C)(O)c1cccc([Si](C)(C)C)c1. The molecule has 0 amide bonds. The fourth-order valence-corrected chi connectivity index (χ4v) is 2.55. The van der Waals surface area contributed by atoms with Gasteiger partial charge in [-0.3, -0.25) is 0 Å². The van der Waals surface area contributed by atoms with Crippen LogP contribution in [-0.4, -0.2) is 13.2 Å². The van der Waals surface area contributed by atoms with Crippen LogP contribution in [-0.2, 0) is 5.60 Å². The summed E-state index contributed by atoms with van der Waals surface area (Å²) in [5, 5.41) is 11.3. The highest BCUT2D eigenvalue weighted by atomic mass is 28.3. The summed E-state index contributed by atoms with van der Waals surface area (Å²) in [6, 6.07) is 8.35. The average Bonchev–Trinajstić information content (AvgIpc) is 2.01. The Morgan fingerprint density at radius 2 is 1.71 bits per heavy atom. The standard InChI is InChI=1S/C12H20OSi/c1-12(2,13)10-7-6-8-11(9-10)14(3,4)5/h6-9,13H,1-5H3. The predicted molar refractivity (Wildman–Crippen MR) is 64.7 cm³/mol. The van der Waals surface area contributed by atoms with Gasteiger partial charge in [-0.05, 0) is 19.4 Å². The van der Waals surface area contributed by atoms with Gasteiger partial charge in [-0.25, -0.2) is 0 Å². The van der Waals surface area contributed by atoms with Crippen LogP contribution in [0, 0.1) is 0 Å². The van der Waals surface area contributed by atoms with Crippen molar-refractivity contribution in [2.75, 3.05) is 0 Å². The summed E-state index contributed by atoms with van der Waals surface area (Å²) in [5.74, 6) is 0. The van der Waals surface area contributed by atoms with Crippen molar-refractivity contribution in [3.8, 4) is 0 Å².